The third kappa shape index (κ3) is 5.00. The first kappa shape index (κ1) is 20.6. The Kier molecular flexibility index (Phi) is 7.23. The maximum absolute atomic E-state index is 12.9. The predicted molar refractivity (Wildman–Crippen MR) is 111 cm³/mol. The van der Waals surface area contributed by atoms with Gasteiger partial charge in [-0.2, -0.15) is 0 Å². The zero-order valence-corrected chi connectivity index (χ0v) is 17.2. The van der Waals surface area contributed by atoms with Gasteiger partial charge < -0.3 is 14.5 Å². The lowest BCUT2D eigenvalue weighted by atomic mass is 10.1. The Labute approximate surface area is 171 Å². The number of hydrogen-bond acceptors (Lipinski definition) is 5. The monoisotopic (exact) mass is 402 g/mol. The summed E-state index contributed by atoms with van der Waals surface area (Å²) in [5.41, 5.74) is 1.44. The molecule has 0 bridgehead atoms. The minimum atomic E-state index is -0.137. The van der Waals surface area contributed by atoms with Crippen LogP contribution in [0.5, 0.6) is 0 Å². The van der Waals surface area contributed by atoms with Crippen LogP contribution >= 0.6 is 11.6 Å². The fourth-order valence-electron chi connectivity index (χ4n) is 3.33. The third-order valence-electron chi connectivity index (χ3n) is 5.04. The van der Waals surface area contributed by atoms with Gasteiger partial charge in [0.25, 0.3) is 5.91 Å². The number of carbonyl (C=O) groups excluding carboxylic acids is 1. The average molecular weight is 403 g/mol. The van der Waals surface area contributed by atoms with Crippen molar-refractivity contribution in [2.45, 2.75) is 39.4 Å². The Morgan fingerprint density at radius 2 is 1.89 bits per heavy atom. The molecule has 1 fully saturated rings. The van der Waals surface area contributed by atoms with Crippen LogP contribution in [-0.2, 0) is 11.3 Å². The number of likely N-dealkylation sites (tertiary alicyclic amines) is 1. The van der Waals surface area contributed by atoms with Crippen LogP contribution in [0.25, 0.3) is 0 Å². The van der Waals surface area contributed by atoms with Crippen molar-refractivity contribution in [3.63, 3.8) is 0 Å². The minimum absolute atomic E-state index is 0.137. The highest BCUT2D eigenvalue weighted by Crippen LogP contribution is 2.22. The maximum Gasteiger partial charge on any atom is 0.274 e. The van der Waals surface area contributed by atoms with Crippen molar-refractivity contribution in [1.29, 1.82) is 0 Å². The summed E-state index contributed by atoms with van der Waals surface area (Å²) in [4.78, 5) is 25.5. The Balaban J connectivity index is 1.58. The van der Waals surface area contributed by atoms with Crippen LogP contribution in [0.4, 0.5) is 5.95 Å². The zero-order chi connectivity index (χ0) is 19.9. The van der Waals surface area contributed by atoms with Crippen molar-refractivity contribution < 1.29 is 9.53 Å². The summed E-state index contributed by atoms with van der Waals surface area (Å²) in [6.45, 7) is 7.49. The molecule has 0 spiro atoms. The van der Waals surface area contributed by atoms with Gasteiger partial charge in [0.2, 0.25) is 5.95 Å². The fraction of sp³-hybridized carbons (Fsp3) is 0.476. The number of rotatable bonds is 7. The predicted octanol–water partition coefficient (Wildman–Crippen LogP) is 3.80. The number of amides is 1. The lowest BCUT2D eigenvalue weighted by Crippen LogP contribution is -2.41. The Morgan fingerprint density at radius 1 is 1.21 bits per heavy atom. The molecule has 1 amide bonds. The van der Waals surface area contributed by atoms with Crippen LogP contribution in [0.1, 0.15) is 42.7 Å². The molecule has 0 radical (unpaired) electrons. The third-order valence-corrected chi connectivity index (χ3v) is 5.31. The average Bonchev–Trinajstić information content (AvgIpc) is 2.75. The first-order valence-electron chi connectivity index (χ1n) is 9.84. The van der Waals surface area contributed by atoms with Crippen LogP contribution in [-0.4, -0.2) is 53.1 Å². The van der Waals surface area contributed by atoms with Gasteiger partial charge in [0.05, 0.1) is 23.9 Å². The smallest absolute Gasteiger partial charge is 0.274 e. The number of halogens is 1. The van der Waals surface area contributed by atoms with E-state index in [2.05, 4.69) is 22.1 Å². The number of ether oxygens (including phenoxy) is 1. The molecule has 0 N–H and O–H groups in total. The molecule has 1 aromatic carbocycles. The standard InChI is InChI=1S/C21H27ClN4O2/c1-3-25(4-2)21-23-14-18(22)19(24-21)20(27)26-12-10-17(11-13-26)28-15-16-8-6-5-7-9-16/h5-9,14,17H,3-4,10-13,15H2,1-2H3. The van der Waals surface area contributed by atoms with Crippen LogP contribution in [0, 0.1) is 0 Å². The molecule has 0 aliphatic carbocycles. The number of hydrogen-bond donors (Lipinski definition) is 0. The highest BCUT2D eigenvalue weighted by Gasteiger charge is 2.27. The summed E-state index contributed by atoms with van der Waals surface area (Å²) in [6, 6.07) is 10.1. The SMILES string of the molecule is CCN(CC)c1ncc(Cl)c(C(=O)N2CCC(OCc3ccccc3)CC2)n1. The van der Waals surface area contributed by atoms with Crippen molar-refractivity contribution in [1.82, 2.24) is 14.9 Å². The molecule has 2 heterocycles. The molecule has 1 aliphatic rings. The fourth-order valence-corrected chi connectivity index (χ4v) is 3.50. The topological polar surface area (TPSA) is 58.6 Å². The molecule has 3 rings (SSSR count). The van der Waals surface area contributed by atoms with E-state index in [1.54, 1.807) is 0 Å². The highest BCUT2D eigenvalue weighted by atomic mass is 35.5. The molecular formula is C21H27ClN4O2. The molecule has 2 aromatic rings. The van der Waals surface area contributed by atoms with Crippen LogP contribution < -0.4 is 4.90 Å². The van der Waals surface area contributed by atoms with Crippen molar-refractivity contribution >= 4 is 23.5 Å². The Bertz CT molecular complexity index is 775. The van der Waals surface area contributed by atoms with Gasteiger partial charge in [-0.25, -0.2) is 9.97 Å². The van der Waals surface area contributed by atoms with Crippen LogP contribution in [0.3, 0.4) is 0 Å². The first-order valence-corrected chi connectivity index (χ1v) is 10.2. The van der Waals surface area contributed by atoms with E-state index in [0.29, 0.717) is 30.7 Å². The summed E-state index contributed by atoms with van der Waals surface area (Å²) >= 11 is 6.23. The van der Waals surface area contributed by atoms with E-state index >= 15 is 0 Å². The highest BCUT2D eigenvalue weighted by molar-refractivity contribution is 6.33. The number of benzene rings is 1. The van der Waals surface area contributed by atoms with Crippen molar-refractivity contribution in [2.75, 3.05) is 31.1 Å². The molecule has 1 aliphatic heterocycles. The molecule has 7 heteroatoms. The van der Waals surface area contributed by atoms with Crippen molar-refractivity contribution in [3.8, 4) is 0 Å². The van der Waals surface area contributed by atoms with Gasteiger partial charge in [-0.1, -0.05) is 41.9 Å². The number of carbonyl (C=O) groups is 1. The van der Waals surface area contributed by atoms with Gasteiger partial charge in [-0.15, -0.1) is 0 Å². The second kappa shape index (κ2) is 9.85. The summed E-state index contributed by atoms with van der Waals surface area (Å²) in [5.74, 6) is 0.404. The number of aromatic nitrogens is 2. The van der Waals surface area contributed by atoms with Gasteiger partial charge in [-0.05, 0) is 32.3 Å². The summed E-state index contributed by atoms with van der Waals surface area (Å²) < 4.78 is 6.01. The van der Waals surface area contributed by atoms with E-state index in [1.165, 1.54) is 6.20 Å². The first-order chi connectivity index (χ1) is 13.6. The van der Waals surface area contributed by atoms with E-state index in [9.17, 15) is 4.79 Å². The molecule has 1 aromatic heterocycles. The van der Waals surface area contributed by atoms with E-state index in [4.69, 9.17) is 16.3 Å². The summed E-state index contributed by atoms with van der Waals surface area (Å²) in [6.07, 6.45) is 3.30. The van der Waals surface area contributed by atoms with Crippen LogP contribution in [0.2, 0.25) is 5.02 Å². The molecule has 0 atom stereocenters. The van der Waals surface area contributed by atoms with Gasteiger partial charge in [0.15, 0.2) is 5.69 Å². The zero-order valence-electron chi connectivity index (χ0n) is 16.5. The van der Waals surface area contributed by atoms with E-state index < -0.39 is 0 Å². The quantitative estimate of drug-likeness (QED) is 0.705. The molecule has 28 heavy (non-hydrogen) atoms. The normalized spacial score (nSPS) is 14.9. The minimum Gasteiger partial charge on any atom is -0.373 e. The molecule has 150 valence electrons. The summed E-state index contributed by atoms with van der Waals surface area (Å²) in [5, 5.41) is 0.295. The van der Waals surface area contributed by atoms with Gasteiger partial charge in [0, 0.05) is 26.2 Å². The molecule has 1 saturated heterocycles. The van der Waals surface area contributed by atoms with Crippen molar-refractivity contribution in [3.05, 3.63) is 52.8 Å². The molecule has 0 unspecified atom stereocenters. The number of anilines is 1. The van der Waals surface area contributed by atoms with Gasteiger partial charge in [-0.3, -0.25) is 4.79 Å². The maximum atomic E-state index is 12.9. The Hall–Kier alpha value is -2.18. The number of nitrogens with zero attached hydrogens (tertiary/aromatic N) is 4. The van der Waals surface area contributed by atoms with E-state index in [0.717, 1.165) is 31.5 Å². The van der Waals surface area contributed by atoms with Crippen LogP contribution in [0.15, 0.2) is 36.5 Å². The lowest BCUT2D eigenvalue weighted by molar-refractivity contribution is -0.000506. The molecular weight excluding hydrogens is 376 g/mol. The Morgan fingerprint density at radius 3 is 2.54 bits per heavy atom. The van der Waals surface area contributed by atoms with Crippen molar-refractivity contribution in [2.24, 2.45) is 0 Å². The van der Waals surface area contributed by atoms with Gasteiger partial charge in [0.1, 0.15) is 0 Å². The second-order valence-corrected chi connectivity index (χ2v) is 7.23. The summed E-state index contributed by atoms with van der Waals surface area (Å²) in [7, 11) is 0. The second-order valence-electron chi connectivity index (χ2n) is 6.83. The van der Waals surface area contributed by atoms with E-state index in [1.807, 2.05) is 41.8 Å². The molecule has 0 saturated carbocycles. The molecule has 6 nitrogen and oxygen atoms in total. The van der Waals surface area contributed by atoms with E-state index in [-0.39, 0.29) is 17.7 Å². The largest absolute Gasteiger partial charge is 0.373 e. The lowest BCUT2D eigenvalue weighted by Gasteiger charge is -2.32. The number of piperidine rings is 1. The van der Waals surface area contributed by atoms with Gasteiger partial charge >= 0.3 is 0 Å².